The summed E-state index contributed by atoms with van der Waals surface area (Å²) >= 11 is 6.14. The van der Waals surface area contributed by atoms with E-state index in [1.165, 1.54) is 47.6 Å². The molecule has 0 fully saturated rings. The van der Waals surface area contributed by atoms with Gasteiger partial charge in [-0.3, -0.25) is 9.59 Å². The lowest BCUT2D eigenvalue weighted by molar-refractivity contribution is -0.116. The first-order valence-electron chi connectivity index (χ1n) is 11.1. The van der Waals surface area contributed by atoms with Gasteiger partial charge < -0.3 is 0 Å². The molecular weight excluding hydrogens is 533 g/mol. The van der Waals surface area contributed by atoms with Crippen LogP contribution in [0, 0.1) is 0 Å². The van der Waals surface area contributed by atoms with E-state index < -0.39 is 0 Å². The number of hydrogen-bond donors (Lipinski definition) is 0. The Morgan fingerprint density at radius 1 is 0.667 bits per heavy atom. The number of nitrogens with zero attached hydrogens (tertiary/aromatic N) is 6. The molecule has 0 saturated carbocycles. The van der Waals surface area contributed by atoms with E-state index >= 15 is 0 Å². The highest BCUT2D eigenvalue weighted by Gasteiger charge is 2.11. The Morgan fingerprint density at radius 2 is 1.03 bits per heavy atom. The topological polar surface area (TPSA) is 94.5 Å². The predicted octanol–water partition coefficient (Wildman–Crippen LogP) is 4.09. The third kappa shape index (κ3) is 6.30. The molecule has 8 rings (SSSR count). The molecule has 4 aliphatic heterocycles. The second kappa shape index (κ2) is 11.1. The van der Waals surface area contributed by atoms with E-state index in [-0.39, 0.29) is 11.8 Å². The summed E-state index contributed by atoms with van der Waals surface area (Å²) in [5.41, 5.74) is 4.48. The smallest absolute Gasteiger partial charge is 0.245 e. The molecule has 2 amide bonds. The first-order valence-corrected chi connectivity index (χ1v) is 14.7. The molecular formula is C24H22N6O2S4. The van der Waals surface area contributed by atoms with Crippen LogP contribution in [0.15, 0.2) is 67.2 Å². The molecule has 0 aliphatic carbocycles. The maximum absolute atomic E-state index is 11.7. The van der Waals surface area contributed by atoms with Gasteiger partial charge in [-0.15, -0.1) is 0 Å². The van der Waals surface area contributed by atoms with Crippen molar-refractivity contribution in [3.8, 4) is 0 Å². The average Bonchev–Trinajstić information content (AvgIpc) is 3.40. The van der Waals surface area contributed by atoms with Gasteiger partial charge in [-0.2, -0.15) is 20.2 Å². The summed E-state index contributed by atoms with van der Waals surface area (Å²) in [6, 6.07) is 16.7. The summed E-state index contributed by atoms with van der Waals surface area (Å²) in [6.07, 6.45) is 0. The number of benzene rings is 2. The third-order valence-electron chi connectivity index (χ3n) is 5.14. The number of carbonyl (C=O) groups excluding carboxylic acids is 2. The average molecular weight is 555 g/mol. The SMILES string of the molecule is CC(=O)N=c1sc2nn1Cc1ccc(cc1)Cn1nc(sc1=NC(C)=O)SCc1ccc(cc1)CS2. The number of aromatic nitrogens is 4. The van der Waals surface area contributed by atoms with Gasteiger partial charge in [-0.05, 0) is 22.3 Å². The number of hydrogen-bond acceptors (Lipinski definition) is 8. The van der Waals surface area contributed by atoms with Gasteiger partial charge in [0.15, 0.2) is 8.68 Å². The molecule has 12 heteroatoms. The molecule has 4 aromatic rings. The Kier molecular flexibility index (Phi) is 7.65. The van der Waals surface area contributed by atoms with Crippen LogP contribution in [0.2, 0.25) is 0 Å². The summed E-state index contributed by atoms with van der Waals surface area (Å²) < 4.78 is 5.32. The second-order valence-corrected chi connectivity index (χ2v) is 12.4. The van der Waals surface area contributed by atoms with Crippen molar-refractivity contribution in [1.29, 1.82) is 0 Å². The first-order chi connectivity index (χ1) is 17.4. The van der Waals surface area contributed by atoms with Gasteiger partial charge in [0.05, 0.1) is 13.1 Å². The maximum Gasteiger partial charge on any atom is 0.245 e. The van der Waals surface area contributed by atoms with Gasteiger partial charge >= 0.3 is 0 Å². The lowest BCUT2D eigenvalue weighted by Crippen LogP contribution is -2.19. The Bertz CT molecular complexity index is 1430. The zero-order valence-electron chi connectivity index (χ0n) is 19.6. The zero-order valence-corrected chi connectivity index (χ0v) is 22.8. The van der Waals surface area contributed by atoms with Gasteiger partial charge in [0.25, 0.3) is 0 Å². The fourth-order valence-electron chi connectivity index (χ4n) is 3.46. The minimum atomic E-state index is -0.246. The van der Waals surface area contributed by atoms with Crippen molar-refractivity contribution < 1.29 is 9.59 Å². The molecule has 0 saturated heterocycles. The first kappa shape index (κ1) is 24.9. The highest BCUT2D eigenvalue weighted by molar-refractivity contribution is 8.00. The van der Waals surface area contributed by atoms with Crippen LogP contribution in [0.5, 0.6) is 0 Å². The fourth-order valence-corrected chi connectivity index (χ4v) is 7.37. The van der Waals surface area contributed by atoms with E-state index in [2.05, 4.69) is 34.3 Å². The quantitative estimate of drug-likeness (QED) is 0.325. The molecule has 6 heterocycles. The number of thioether (sulfide) groups is 2. The summed E-state index contributed by atoms with van der Waals surface area (Å²) in [5, 5.41) is 9.46. The van der Waals surface area contributed by atoms with Crippen molar-refractivity contribution >= 4 is 58.0 Å². The number of carbonyl (C=O) groups is 2. The summed E-state index contributed by atoms with van der Waals surface area (Å²) in [6.45, 7) is 3.92. The van der Waals surface area contributed by atoms with E-state index in [0.717, 1.165) is 31.3 Å². The molecule has 0 radical (unpaired) electrons. The second-order valence-electron chi connectivity index (χ2n) is 8.09. The summed E-state index contributed by atoms with van der Waals surface area (Å²) in [4.78, 5) is 33.0. The molecule has 4 aliphatic rings. The summed E-state index contributed by atoms with van der Waals surface area (Å²) in [5.74, 6) is 1.06. The van der Waals surface area contributed by atoms with Crippen LogP contribution in [0.4, 0.5) is 0 Å². The molecule has 0 atom stereocenters. The van der Waals surface area contributed by atoms with Crippen LogP contribution < -0.4 is 9.60 Å². The number of amides is 2. The lowest BCUT2D eigenvalue weighted by Gasteiger charge is -2.06. The fraction of sp³-hybridized carbons (Fsp3) is 0.250. The monoisotopic (exact) mass is 554 g/mol. The molecule has 0 N–H and O–H groups in total. The van der Waals surface area contributed by atoms with Gasteiger partial charge in [0, 0.05) is 25.4 Å². The van der Waals surface area contributed by atoms with E-state index in [9.17, 15) is 9.59 Å². The van der Waals surface area contributed by atoms with Crippen LogP contribution in [-0.4, -0.2) is 31.4 Å². The molecule has 8 bridgehead atoms. The lowest BCUT2D eigenvalue weighted by atomic mass is 10.1. The Balaban J connectivity index is 1.54. The van der Waals surface area contributed by atoms with Crippen molar-refractivity contribution in [3.63, 3.8) is 0 Å². The highest BCUT2D eigenvalue weighted by atomic mass is 32.2. The van der Waals surface area contributed by atoms with Crippen LogP contribution in [0.25, 0.3) is 0 Å². The van der Waals surface area contributed by atoms with Crippen LogP contribution in [-0.2, 0) is 34.2 Å². The molecule has 0 unspecified atom stereocenters. The molecule has 8 nitrogen and oxygen atoms in total. The van der Waals surface area contributed by atoms with Gasteiger partial charge in [-0.25, -0.2) is 9.36 Å². The van der Waals surface area contributed by atoms with E-state index in [0.29, 0.717) is 22.7 Å². The van der Waals surface area contributed by atoms with Crippen LogP contribution in [0.1, 0.15) is 36.1 Å². The molecule has 36 heavy (non-hydrogen) atoms. The van der Waals surface area contributed by atoms with Crippen molar-refractivity contribution in [2.45, 2.75) is 47.1 Å². The predicted molar refractivity (Wildman–Crippen MR) is 143 cm³/mol. The minimum absolute atomic E-state index is 0.246. The van der Waals surface area contributed by atoms with Crippen molar-refractivity contribution in [3.05, 3.63) is 80.4 Å². The van der Waals surface area contributed by atoms with Crippen LogP contribution in [0.3, 0.4) is 0 Å². The minimum Gasteiger partial charge on any atom is -0.273 e. The largest absolute Gasteiger partial charge is 0.273 e. The van der Waals surface area contributed by atoms with Gasteiger partial charge in [0.2, 0.25) is 21.4 Å². The van der Waals surface area contributed by atoms with E-state index in [1.54, 1.807) is 32.9 Å². The Hall–Kier alpha value is -2.80. The number of rotatable bonds is 0. The molecule has 0 spiro atoms. The van der Waals surface area contributed by atoms with E-state index in [4.69, 9.17) is 10.2 Å². The zero-order chi connectivity index (χ0) is 25.1. The van der Waals surface area contributed by atoms with Crippen molar-refractivity contribution in [2.24, 2.45) is 9.98 Å². The third-order valence-corrected chi connectivity index (χ3v) is 9.45. The Morgan fingerprint density at radius 3 is 1.39 bits per heavy atom. The van der Waals surface area contributed by atoms with Gasteiger partial charge in [0.1, 0.15) is 0 Å². The Labute approximate surface area is 223 Å². The molecule has 2 aromatic carbocycles. The highest BCUT2D eigenvalue weighted by Crippen LogP contribution is 2.26. The van der Waals surface area contributed by atoms with Gasteiger partial charge in [-0.1, -0.05) is 94.7 Å². The summed E-state index contributed by atoms with van der Waals surface area (Å²) in [7, 11) is 0. The van der Waals surface area contributed by atoms with Crippen molar-refractivity contribution in [1.82, 2.24) is 19.6 Å². The molecule has 184 valence electrons. The molecule has 2 aromatic heterocycles. The normalized spacial score (nSPS) is 14.8. The maximum atomic E-state index is 11.7. The van der Waals surface area contributed by atoms with Crippen LogP contribution >= 0.6 is 46.2 Å². The van der Waals surface area contributed by atoms with Crippen molar-refractivity contribution in [2.75, 3.05) is 0 Å². The standard InChI is InChI=1S/C24H22N6O2S4/c1-15(31)25-21-29-11-17-3-5-18(6-4-17)12-30-22(26-16(2)32)36-24(28-30)34-14-20-9-7-19(8-10-20)13-33-23(27-29)35-21/h3-10H,11-14H2,1-2H3. The van der Waals surface area contributed by atoms with E-state index in [1.807, 2.05) is 24.3 Å².